The molecule has 1 aromatic heterocycles. The molecule has 1 nitrogen and oxygen atoms in total. The summed E-state index contributed by atoms with van der Waals surface area (Å²) >= 11 is 1.89. The van der Waals surface area contributed by atoms with Crippen molar-refractivity contribution in [2.45, 2.75) is 0 Å². The molecule has 0 spiro atoms. The molecular formula is C40H27NS. The summed E-state index contributed by atoms with van der Waals surface area (Å²) < 4.78 is 2.64. The van der Waals surface area contributed by atoms with Gasteiger partial charge in [0.05, 0.1) is 5.69 Å². The van der Waals surface area contributed by atoms with Crippen LogP contribution in [0.3, 0.4) is 0 Å². The van der Waals surface area contributed by atoms with E-state index in [1.165, 1.54) is 58.9 Å². The van der Waals surface area contributed by atoms with E-state index >= 15 is 0 Å². The Morgan fingerprint density at radius 1 is 0.405 bits per heavy atom. The minimum absolute atomic E-state index is 1.13. The van der Waals surface area contributed by atoms with Crippen LogP contribution >= 0.6 is 11.3 Å². The zero-order valence-corrected chi connectivity index (χ0v) is 23.8. The van der Waals surface area contributed by atoms with Crippen LogP contribution < -0.4 is 4.90 Å². The summed E-state index contributed by atoms with van der Waals surface area (Å²) in [4.78, 5) is 2.46. The summed E-state index contributed by atoms with van der Waals surface area (Å²) in [7, 11) is 0. The fourth-order valence-electron chi connectivity index (χ4n) is 6.18. The SMILES string of the molecule is c1ccc(-c2cccc(N(c3ccccc3)c3c(-c4ccccc4)c4c5ccccc5sc4c4ccccc34)c2)cc1. The Labute approximate surface area is 249 Å². The second-order valence-corrected chi connectivity index (χ2v) is 11.6. The molecular weight excluding hydrogens is 527 g/mol. The third kappa shape index (κ3) is 4.08. The van der Waals surface area contributed by atoms with Gasteiger partial charge in [0, 0.05) is 47.9 Å². The van der Waals surface area contributed by atoms with E-state index < -0.39 is 0 Å². The summed E-state index contributed by atoms with van der Waals surface area (Å²) in [5.41, 5.74) is 8.33. The van der Waals surface area contributed by atoms with Gasteiger partial charge in [0.25, 0.3) is 0 Å². The van der Waals surface area contributed by atoms with Gasteiger partial charge in [0.15, 0.2) is 0 Å². The fraction of sp³-hybridized carbons (Fsp3) is 0. The summed E-state index contributed by atoms with van der Waals surface area (Å²) in [5, 5.41) is 5.14. The number of rotatable bonds is 5. The van der Waals surface area contributed by atoms with Crippen molar-refractivity contribution in [3.05, 3.63) is 164 Å². The molecule has 0 N–H and O–H groups in total. The van der Waals surface area contributed by atoms with Crippen LogP contribution in [0.4, 0.5) is 17.1 Å². The molecule has 8 aromatic rings. The molecule has 0 unspecified atom stereocenters. The lowest BCUT2D eigenvalue weighted by Gasteiger charge is -2.30. The van der Waals surface area contributed by atoms with E-state index in [0.29, 0.717) is 0 Å². The lowest BCUT2D eigenvalue weighted by molar-refractivity contribution is 1.30. The molecule has 7 aromatic carbocycles. The molecule has 2 heteroatoms. The third-order valence-corrected chi connectivity index (χ3v) is 9.23. The Morgan fingerprint density at radius 3 is 1.69 bits per heavy atom. The molecule has 0 aliphatic heterocycles. The number of hydrogen-bond donors (Lipinski definition) is 0. The number of fused-ring (bicyclic) bond motifs is 5. The van der Waals surface area contributed by atoms with E-state index in [9.17, 15) is 0 Å². The van der Waals surface area contributed by atoms with E-state index in [2.05, 4.69) is 169 Å². The number of thiophene rings is 1. The highest BCUT2D eigenvalue weighted by Gasteiger charge is 2.25. The lowest BCUT2D eigenvalue weighted by atomic mass is 9.91. The molecule has 0 saturated heterocycles. The Kier molecular flexibility index (Phi) is 6.05. The predicted octanol–water partition coefficient (Wildman–Crippen LogP) is 12.0. The maximum absolute atomic E-state index is 2.46. The van der Waals surface area contributed by atoms with Gasteiger partial charge in [-0.25, -0.2) is 0 Å². The standard InChI is InChI=1S/C40H27NS/c1-4-15-28(16-5-1)30-19-14-22-32(27-30)41(31-20-8-3-9-21-31)39-33-23-10-11-24-34(33)40-38(35-25-12-13-26-36(35)42-40)37(39)29-17-6-2-7-18-29/h1-27H. The zero-order valence-electron chi connectivity index (χ0n) is 22.9. The summed E-state index contributed by atoms with van der Waals surface area (Å²) in [6.07, 6.45) is 0. The number of nitrogens with zero attached hydrogens (tertiary/aromatic N) is 1. The monoisotopic (exact) mass is 553 g/mol. The Morgan fingerprint density at radius 2 is 0.952 bits per heavy atom. The summed E-state index contributed by atoms with van der Waals surface area (Å²) in [6, 6.07) is 59.0. The molecule has 42 heavy (non-hydrogen) atoms. The van der Waals surface area contributed by atoms with Crippen LogP contribution in [0.15, 0.2) is 164 Å². The number of benzene rings is 7. The number of para-hydroxylation sites is 1. The van der Waals surface area contributed by atoms with E-state index in [0.717, 1.165) is 11.4 Å². The van der Waals surface area contributed by atoms with Crippen LogP contribution in [0.1, 0.15) is 0 Å². The minimum atomic E-state index is 1.13. The first-order valence-electron chi connectivity index (χ1n) is 14.3. The molecule has 0 atom stereocenters. The van der Waals surface area contributed by atoms with Gasteiger partial charge in [-0.05, 0) is 47.0 Å². The predicted molar refractivity (Wildman–Crippen MR) is 182 cm³/mol. The van der Waals surface area contributed by atoms with E-state index in [4.69, 9.17) is 0 Å². The van der Waals surface area contributed by atoms with E-state index in [-0.39, 0.29) is 0 Å². The van der Waals surface area contributed by atoms with Gasteiger partial charge in [-0.15, -0.1) is 11.3 Å². The maximum atomic E-state index is 2.46. The first-order valence-corrected chi connectivity index (χ1v) is 15.1. The summed E-state index contributed by atoms with van der Waals surface area (Å²) in [5.74, 6) is 0. The molecule has 0 saturated carbocycles. The van der Waals surface area contributed by atoms with Crippen molar-refractivity contribution >= 4 is 59.3 Å². The van der Waals surface area contributed by atoms with Crippen molar-refractivity contribution in [2.75, 3.05) is 4.90 Å². The fourth-order valence-corrected chi connectivity index (χ4v) is 7.43. The molecule has 0 bridgehead atoms. The van der Waals surface area contributed by atoms with Crippen LogP contribution in [-0.2, 0) is 0 Å². The van der Waals surface area contributed by atoms with Crippen molar-refractivity contribution in [1.29, 1.82) is 0 Å². The van der Waals surface area contributed by atoms with E-state index in [1.807, 2.05) is 11.3 Å². The zero-order chi connectivity index (χ0) is 27.9. The normalized spacial score (nSPS) is 11.3. The van der Waals surface area contributed by atoms with Crippen LogP contribution in [0, 0.1) is 0 Å². The average molecular weight is 554 g/mol. The van der Waals surface area contributed by atoms with Gasteiger partial charge in [-0.3, -0.25) is 0 Å². The topological polar surface area (TPSA) is 3.24 Å². The van der Waals surface area contributed by atoms with Gasteiger partial charge < -0.3 is 4.90 Å². The molecule has 0 aliphatic rings. The van der Waals surface area contributed by atoms with Crippen molar-refractivity contribution in [3.63, 3.8) is 0 Å². The van der Waals surface area contributed by atoms with Crippen LogP contribution in [0.25, 0.3) is 53.2 Å². The molecule has 0 fully saturated rings. The molecule has 198 valence electrons. The molecule has 1 heterocycles. The second kappa shape index (κ2) is 10.3. The van der Waals surface area contributed by atoms with Gasteiger partial charge in [-0.2, -0.15) is 0 Å². The number of hydrogen-bond acceptors (Lipinski definition) is 2. The van der Waals surface area contributed by atoms with Crippen LogP contribution in [0.5, 0.6) is 0 Å². The van der Waals surface area contributed by atoms with Crippen LogP contribution in [-0.4, -0.2) is 0 Å². The third-order valence-electron chi connectivity index (χ3n) is 8.02. The second-order valence-electron chi connectivity index (χ2n) is 10.5. The van der Waals surface area contributed by atoms with Crippen molar-refractivity contribution in [2.24, 2.45) is 0 Å². The first kappa shape index (κ1) is 24.6. The quantitative estimate of drug-likeness (QED) is 0.205. The maximum Gasteiger partial charge on any atom is 0.0625 e. The van der Waals surface area contributed by atoms with E-state index in [1.54, 1.807) is 0 Å². The van der Waals surface area contributed by atoms with Crippen molar-refractivity contribution < 1.29 is 0 Å². The minimum Gasteiger partial charge on any atom is -0.309 e. The molecule has 8 rings (SSSR count). The highest BCUT2D eigenvalue weighted by molar-refractivity contribution is 7.26. The van der Waals surface area contributed by atoms with Crippen molar-refractivity contribution in [1.82, 2.24) is 0 Å². The molecule has 0 aliphatic carbocycles. The smallest absolute Gasteiger partial charge is 0.0625 e. The van der Waals surface area contributed by atoms with Crippen LogP contribution in [0.2, 0.25) is 0 Å². The highest BCUT2D eigenvalue weighted by Crippen LogP contribution is 2.53. The summed E-state index contributed by atoms with van der Waals surface area (Å²) in [6.45, 7) is 0. The Hall–Kier alpha value is -5.18. The average Bonchev–Trinajstić information content (AvgIpc) is 3.46. The number of anilines is 3. The Bertz CT molecular complexity index is 2180. The van der Waals surface area contributed by atoms with Crippen molar-refractivity contribution in [3.8, 4) is 22.3 Å². The van der Waals surface area contributed by atoms with Gasteiger partial charge >= 0.3 is 0 Å². The lowest BCUT2D eigenvalue weighted by Crippen LogP contribution is -2.12. The largest absolute Gasteiger partial charge is 0.309 e. The van der Waals surface area contributed by atoms with Gasteiger partial charge in [-0.1, -0.05) is 133 Å². The van der Waals surface area contributed by atoms with Gasteiger partial charge in [0.2, 0.25) is 0 Å². The molecule has 0 amide bonds. The van der Waals surface area contributed by atoms with Gasteiger partial charge in [0.1, 0.15) is 0 Å². The highest BCUT2D eigenvalue weighted by atomic mass is 32.1. The first-order chi connectivity index (χ1) is 20.9. The Balaban J connectivity index is 1.55. The molecule has 0 radical (unpaired) electrons.